The third-order valence-electron chi connectivity index (χ3n) is 3.98. The van der Waals surface area contributed by atoms with E-state index in [0.29, 0.717) is 11.1 Å². The summed E-state index contributed by atoms with van der Waals surface area (Å²) in [6.45, 7) is 0. The second-order valence-corrected chi connectivity index (χ2v) is 5.29. The molecule has 0 saturated carbocycles. The van der Waals surface area contributed by atoms with E-state index in [-0.39, 0.29) is 16.2 Å². The Morgan fingerprint density at radius 3 is 2.26 bits per heavy atom. The molecule has 3 aromatic rings. The van der Waals surface area contributed by atoms with Gasteiger partial charge in [-0.2, -0.15) is 0 Å². The van der Waals surface area contributed by atoms with Crippen LogP contribution in [0.2, 0.25) is 0 Å². The lowest BCUT2D eigenvalue weighted by molar-refractivity contribution is -0.168. The maximum Gasteiger partial charge on any atom is 0.286 e. The van der Waals surface area contributed by atoms with Crippen molar-refractivity contribution in [3.05, 3.63) is 71.9 Å². The number of hydroxylamine groups is 2. The van der Waals surface area contributed by atoms with Gasteiger partial charge in [0.15, 0.2) is 0 Å². The number of aromatic amines is 1. The summed E-state index contributed by atoms with van der Waals surface area (Å²) in [6, 6.07) is 16.4. The van der Waals surface area contributed by atoms with E-state index in [1.807, 2.05) is 30.3 Å². The molecule has 23 heavy (non-hydrogen) atoms. The number of carbonyl (C=O) groups excluding carboxylic acids is 2. The molecule has 5 heteroatoms. The molecule has 2 amide bonds. The number of fused-ring (bicyclic) bond motifs is 1. The van der Waals surface area contributed by atoms with Crippen LogP contribution in [0.3, 0.4) is 0 Å². The molecule has 0 saturated heterocycles. The van der Waals surface area contributed by atoms with Gasteiger partial charge in [0.05, 0.1) is 11.1 Å². The third-order valence-corrected chi connectivity index (χ3v) is 3.98. The molecule has 0 unspecified atom stereocenters. The lowest BCUT2D eigenvalue weighted by atomic mass is 9.96. The number of para-hydroxylation sites is 1. The number of nitrogens with one attached hydrogen (secondary N) is 1. The van der Waals surface area contributed by atoms with E-state index in [4.69, 9.17) is 0 Å². The van der Waals surface area contributed by atoms with Crippen LogP contribution in [0.25, 0.3) is 22.0 Å². The Morgan fingerprint density at radius 2 is 1.48 bits per heavy atom. The van der Waals surface area contributed by atoms with Crippen LogP contribution in [0.5, 0.6) is 0 Å². The van der Waals surface area contributed by atoms with Crippen LogP contribution in [0.1, 0.15) is 11.1 Å². The average Bonchev–Trinajstić information content (AvgIpc) is 3.10. The van der Waals surface area contributed by atoms with Gasteiger partial charge in [-0.3, -0.25) is 14.8 Å². The van der Waals surface area contributed by atoms with Crippen molar-refractivity contribution in [2.24, 2.45) is 0 Å². The summed E-state index contributed by atoms with van der Waals surface area (Å²) >= 11 is 0. The van der Waals surface area contributed by atoms with E-state index in [1.165, 1.54) is 0 Å². The van der Waals surface area contributed by atoms with E-state index < -0.39 is 11.8 Å². The van der Waals surface area contributed by atoms with E-state index >= 15 is 0 Å². The monoisotopic (exact) mass is 304 g/mol. The summed E-state index contributed by atoms with van der Waals surface area (Å²) in [7, 11) is 0. The molecule has 2 aromatic carbocycles. The number of aromatic nitrogens is 1. The van der Waals surface area contributed by atoms with Crippen LogP contribution in [-0.4, -0.2) is 27.1 Å². The Morgan fingerprint density at radius 1 is 0.826 bits per heavy atom. The summed E-state index contributed by atoms with van der Waals surface area (Å²) in [5.74, 6) is -1.42. The third kappa shape index (κ3) is 1.91. The first-order valence-electron chi connectivity index (χ1n) is 7.12. The highest BCUT2D eigenvalue weighted by atomic mass is 16.5. The van der Waals surface area contributed by atoms with E-state index in [9.17, 15) is 14.8 Å². The van der Waals surface area contributed by atoms with Crippen LogP contribution in [-0.2, 0) is 9.59 Å². The average molecular weight is 304 g/mol. The second kappa shape index (κ2) is 4.93. The topological polar surface area (TPSA) is 73.4 Å². The van der Waals surface area contributed by atoms with Gasteiger partial charge in [0.1, 0.15) is 0 Å². The summed E-state index contributed by atoms with van der Waals surface area (Å²) in [4.78, 5) is 27.9. The molecule has 0 fully saturated rings. The normalized spacial score (nSPS) is 15.1. The highest BCUT2D eigenvalue weighted by Crippen LogP contribution is 2.37. The molecule has 1 aromatic heterocycles. The van der Waals surface area contributed by atoms with Crippen molar-refractivity contribution in [3.63, 3.8) is 0 Å². The van der Waals surface area contributed by atoms with Gasteiger partial charge >= 0.3 is 0 Å². The number of carbonyl (C=O) groups is 2. The van der Waals surface area contributed by atoms with E-state index in [1.54, 1.807) is 30.5 Å². The van der Waals surface area contributed by atoms with Crippen molar-refractivity contribution < 1.29 is 14.8 Å². The van der Waals surface area contributed by atoms with Gasteiger partial charge in [0.2, 0.25) is 0 Å². The largest absolute Gasteiger partial charge is 0.361 e. The first-order chi connectivity index (χ1) is 11.2. The molecule has 0 atom stereocenters. The van der Waals surface area contributed by atoms with Gasteiger partial charge in [0.25, 0.3) is 11.8 Å². The molecule has 0 aliphatic carbocycles. The Hall–Kier alpha value is -3.18. The molecule has 0 radical (unpaired) electrons. The minimum absolute atomic E-state index is 0.180. The quantitative estimate of drug-likeness (QED) is 0.565. The van der Waals surface area contributed by atoms with Crippen molar-refractivity contribution in [2.75, 3.05) is 0 Å². The van der Waals surface area contributed by atoms with Gasteiger partial charge in [-0.05, 0) is 11.6 Å². The molecule has 2 N–H and O–H groups in total. The highest BCUT2D eigenvalue weighted by Gasteiger charge is 2.39. The summed E-state index contributed by atoms with van der Waals surface area (Å²) in [5, 5.41) is 10.8. The Labute approximate surface area is 131 Å². The summed E-state index contributed by atoms with van der Waals surface area (Å²) in [5.41, 5.74) is 2.49. The minimum atomic E-state index is -0.710. The predicted octanol–water partition coefficient (Wildman–Crippen LogP) is 2.84. The van der Waals surface area contributed by atoms with Gasteiger partial charge < -0.3 is 4.98 Å². The summed E-state index contributed by atoms with van der Waals surface area (Å²) in [6.07, 6.45) is 1.69. The molecule has 2 heterocycles. The molecular formula is C18H12N2O3. The number of benzene rings is 2. The molecule has 112 valence electrons. The van der Waals surface area contributed by atoms with Crippen LogP contribution in [0.4, 0.5) is 0 Å². The Bertz CT molecular complexity index is 970. The number of amides is 2. The molecule has 0 bridgehead atoms. The fraction of sp³-hybridized carbons (Fsp3) is 0. The lowest BCUT2D eigenvalue weighted by Crippen LogP contribution is -2.27. The van der Waals surface area contributed by atoms with Crippen molar-refractivity contribution in [2.45, 2.75) is 0 Å². The van der Waals surface area contributed by atoms with Crippen molar-refractivity contribution in [3.8, 4) is 0 Å². The first-order valence-corrected chi connectivity index (χ1v) is 7.12. The molecule has 5 nitrogen and oxygen atoms in total. The fourth-order valence-electron chi connectivity index (χ4n) is 2.92. The summed E-state index contributed by atoms with van der Waals surface area (Å²) < 4.78 is 0. The number of hydrogen-bond acceptors (Lipinski definition) is 3. The van der Waals surface area contributed by atoms with E-state index in [0.717, 1.165) is 10.9 Å². The Kier molecular flexibility index (Phi) is 2.89. The number of hydrogen-bond donors (Lipinski definition) is 2. The number of rotatable bonds is 2. The Balaban J connectivity index is 2.04. The zero-order valence-electron chi connectivity index (χ0n) is 12.0. The maximum atomic E-state index is 12.4. The van der Waals surface area contributed by atoms with Crippen LogP contribution >= 0.6 is 0 Å². The van der Waals surface area contributed by atoms with E-state index in [2.05, 4.69) is 4.98 Å². The van der Waals surface area contributed by atoms with Crippen LogP contribution < -0.4 is 0 Å². The second-order valence-electron chi connectivity index (χ2n) is 5.29. The first kappa shape index (κ1) is 13.5. The smallest absolute Gasteiger partial charge is 0.286 e. The van der Waals surface area contributed by atoms with Crippen molar-refractivity contribution in [1.29, 1.82) is 0 Å². The van der Waals surface area contributed by atoms with Crippen LogP contribution in [0, 0.1) is 0 Å². The number of H-pyrrole nitrogens is 1. The molecule has 1 aliphatic heterocycles. The highest BCUT2D eigenvalue weighted by molar-refractivity contribution is 6.49. The fourth-order valence-corrected chi connectivity index (χ4v) is 2.92. The van der Waals surface area contributed by atoms with Gasteiger partial charge in [-0.15, -0.1) is 5.06 Å². The molecule has 0 spiro atoms. The van der Waals surface area contributed by atoms with Gasteiger partial charge in [-0.1, -0.05) is 48.5 Å². The number of imide groups is 1. The van der Waals surface area contributed by atoms with Gasteiger partial charge in [-0.25, -0.2) is 0 Å². The maximum absolute atomic E-state index is 12.4. The lowest BCUT2D eigenvalue weighted by Gasteiger charge is -2.03. The molecular weight excluding hydrogens is 292 g/mol. The molecule has 4 rings (SSSR count). The van der Waals surface area contributed by atoms with Crippen molar-refractivity contribution in [1.82, 2.24) is 10.0 Å². The minimum Gasteiger partial charge on any atom is -0.361 e. The van der Waals surface area contributed by atoms with Crippen molar-refractivity contribution >= 4 is 33.9 Å². The predicted molar refractivity (Wildman–Crippen MR) is 85.2 cm³/mol. The zero-order valence-corrected chi connectivity index (χ0v) is 12.0. The standard InChI is InChI=1S/C18H12N2O3/c21-17-15(11-6-2-1-3-7-11)16(18(22)20(17)23)13-10-19-14-9-5-4-8-12(13)14/h1-10,19,23H. The molecule has 1 aliphatic rings. The zero-order chi connectivity index (χ0) is 16.0. The van der Waals surface area contributed by atoms with Gasteiger partial charge in [0, 0.05) is 22.7 Å². The van der Waals surface area contributed by atoms with Crippen LogP contribution in [0.15, 0.2) is 60.8 Å². The number of nitrogens with zero attached hydrogens (tertiary/aromatic N) is 1. The SMILES string of the molecule is O=C1C(c2ccccc2)=C(c2c[nH]c3ccccc23)C(=O)N1O.